The molecule has 1 aliphatic carbocycles. The van der Waals surface area contributed by atoms with Gasteiger partial charge in [0, 0.05) is 18.6 Å². The van der Waals surface area contributed by atoms with Crippen LogP contribution in [0.3, 0.4) is 0 Å². The standard InChI is InChI=1S/C13H25N3O3/c1-8(2)11(12(17)18)15-13(19)14-7-9(3)16(4)10-5-6-10/h8-11H,5-7H2,1-4H3,(H,17,18)(H2,14,15,19)/t9?,11-/m1/s1. The maximum atomic E-state index is 11.7. The number of carboxylic acid groups (broad SMARTS) is 1. The van der Waals surface area contributed by atoms with Crippen LogP contribution in [0.5, 0.6) is 0 Å². The molecule has 0 saturated heterocycles. The normalized spacial score (nSPS) is 18.2. The van der Waals surface area contributed by atoms with Crippen molar-refractivity contribution in [2.24, 2.45) is 5.92 Å². The lowest BCUT2D eigenvalue weighted by molar-refractivity contribution is -0.140. The Morgan fingerprint density at radius 1 is 1.32 bits per heavy atom. The first-order valence-electron chi connectivity index (χ1n) is 6.82. The first-order chi connectivity index (χ1) is 8.82. The largest absolute Gasteiger partial charge is 0.480 e. The number of carbonyl (C=O) groups is 2. The van der Waals surface area contributed by atoms with E-state index in [9.17, 15) is 9.59 Å². The van der Waals surface area contributed by atoms with Crippen molar-refractivity contribution in [1.29, 1.82) is 0 Å². The highest BCUT2D eigenvalue weighted by Gasteiger charge is 2.29. The highest BCUT2D eigenvalue weighted by Crippen LogP contribution is 2.26. The molecule has 6 heteroatoms. The number of carboxylic acids is 1. The van der Waals surface area contributed by atoms with Gasteiger partial charge in [-0.25, -0.2) is 9.59 Å². The third kappa shape index (κ3) is 5.06. The van der Waals surface area contributed by atoms with Gasteiger partial charge in [-0.2, -0.15) is 0 Å². The monoisotopic (exact) mass is 271 g/mol. The first kappa shape index (κ1) is 15.8. The molecule has 2 atom stereocenters. The molecule has 110 valence electrons. The maximum absolute atomic E-state index is 11.7. The van der Waals surface area contributed by atoms with E-state index >= 15 is 0 Å². The molecule has 0 aliphatic heterocycles. The lowest BCUT2D eigenvalue weighted by Gasteiger charge is -2.25. The summed E-state index contributed by atoms with van der Waals surface area (Å²) in [5, 5.41) is 14.2. The maximum Gasteiger partial charge on any atom is 0.326 e. The van der Waals surface area contributed by atoms with E-state index in [4.69, 9.17) is 5.11 Å². The number of aliphatic carboxylic acids is 1. The van der Waals surface area contributed by atoms with Gasteiger partial charge in [0.25, 0.3) is 0 Å². The molecule has 0 aromatic rings. The van der Waals surface area contributed by atoms with Crippen molar-refractivity contribution in [3.05, 3.63) is 0 Å². The second kappa shape index (κ2) is 6.75. The summed E-state index contributed by atoms with van der Waals surface area (Å²) in [6, 6.07) is -0.378. The number of likely N-dealkylation sites (N-methyl/N-ethyl adjacent to an activating group) is 1. The number of hydrogen-bond donors (Lipinski definition) is 3. The van der Waals surface area contributed by atoms with Gasteiger partial charge in [-0.1, -0.05) is 13.8 Å². The molecule has 0 heterocycles. The third-order valence-corrected chi connectivity index (χ3v) is 3.60. The highest BCUT2D eigenvalue weighted by molar-refractivity contribution is 5.82. The van der Waals surface area contributed by atoms with Crippen LogP contribution in [0.2, 0.25) is 0 Å². The molecule has 1 fully saturated rings. The van der Waals surface area contributed by atoms with Crippen LogP contribution in [0.25, 0.3) is 0 Å². The Bertz CT molecular complexity index is 329. The van der Waals surface area contributed by atoms with E-state index in [1.807, 2.05) is 0 Å². The van der Waals surface area contributed by atoms with Gasteiger partial charge in [0.2, 0.25) is 0 Å². The molecular weight excluding hydrogens is 246 g/mol. The molecule has 19 heavy (non-hydrogen) atoms. The minimum absolute atomic E-state index is 0.144. The second-order valence-electron chi connectivity index (χ2n) is 5.66. The Morgan fingerprint density at radius 3 is 2.32 bits per heavy atom. The number of nitrogens with zero attached hydrogens (tertiary/aromatic N) is 1. The predicted octanol–water partition coefficient (Wildman–Crippen LogP) is 0.877. The van der Waals surface area contributed by atoms with E-state index in [-0.39, 0.29) is 12.0 Å². The van der Waals surface area contributed by atoms with E-state index in [2.05, 4.69) is 29.5 Å². The Kier molecular flexibility index (Phi) is 5.60. The topological polar surface area (TPSA) is 81.7 Å². The molecule has 2 amide bonds. The van der Waals surface area contributed by atoms with Crippen LogP contribution in [0.1, 0.15) is 33.6 Å². The summed E-state index contributed by atoms with van der Waals surface area (Å²) in [5.41, 5.74) is 0. The van der Waals surface area contributed by atoms with Gasteiger partial charge in [0.15, 0.2) is 0 Å². The number of rotatable bonds is 7. The van der Waals surface area contributed by atoms with Crippen molar-refractivity contribution in [3.8, 4) is 0 Å². The average molecular weight is 271 g/mol. The van der Waals surface area contributed by atoms with Crippen molar-refractivity contribution < 1.29 is 14.7 Å². The summed E-state index contributed by atoms with van der Waals surface area (Å²) >= 11 is 0. The molecule has 1 aliphatic rings. The van der Waals surface area contributed by atoms with Crippen molar-refractivity contribution in [2.45, 2.75) is 51.7 Å². The van der Waals surface area contributed by atoms with E-state index in [1.54, 1.807) is 13.8 Å². The zero-order valence-electron chi connectivity index (χ0n) is 12.1. The summed E-state index contributed by atoms with van der Waals surface area (Å²) in [6.45, 7) is 6.10. The Morgan fingerprint density at radius 2 is 1.89 bits per heavy atom. The molecule has 3 N–H and O–H groups in total. The number of amides is 2. The van der Waals surface area contributed by atoms with E-state index in [1.165, 1.54) is 12.8 Å². The van der Waals surface area contributed by atoms with Crippen LogP contribution in [-0.2, 0) is 4.79 Å². The predicted molar refractivity (Wildman–Crippen MR) is 73.0 cm³/mol. The van der Waals surface area contributed by atoms with Crippen LogP contribution in [0.4, 0.5) is 4.79 Å². The summed E-state index contributed by atoms with van der Waals surface area (Å²) in [5.74, 6) is -1.15. The number of urea groups is 1. The molecule has 0 aromatic carbocycles. The second-order valence-corrected chi connectivity index (χ2v) is 5.66. The fourth-order valence-electron chi connectivity index (χ4n) is 1.93. The Hall–Kier alpha value is -1.30. The molecular formula is C13H25N3O3. The zero-order chi connectivity index (χ0) is 14.6. The van der Waals surface area contributed by atoms with Gasteiger partial charge >= 0.3 is 12.0 Å². The Balaban J connectivity index is 2.31. The zero-order valence-corrected chi connectivity index (χ0v) is 12.1. The lowest BCUT2D eigenvalue weighted by atomic mass is 10.1. The average Bonchev–Trinajstić information content (AvgIpc) is 3.15. The fraction of sp³-hybridized carbons (Fsp3) is 0.846. The van der Waals surface area contributed by atoms with Crippen molar-refractivity contribution in [2.75, 3.05) is 13.6 Å². The van der Waals surface area contributed by atoms with Crippen LogP contribution >= 0.6 is 0 Å². The summed E-state index contributed by atoms with van der Waals surface area (Å²) in [4.78, 5) is 24.9. The molecule has 6 nitrogen and oxygen atoms in total. The fourth-order valence-corrected chi connectivity index (χ4v) is 1.93. The van der Waals surface area contributed by atoms with E-state index < -0.39 is 18.0 Å². The van der Waals surface area contributed by atoms with Gasteiger partial charge in [0.05, 0.1) is 0 Å². The van der Waals surface area contributed by atoms with E-state index in [0.29, 0.717) is 12.6 Å². The van der Waals surface area contributed by atoms with Crippen LogP contribution < -0.4 is 10.6 Å². The summed E-state index contributed by atoms with van der Waals surface area (Å²) in [7, 11) is 2.05. The molecule has 1 rings (SSSR count). The lowest BCUT2D eigenvalue weighted by Crippen LogP contribution is -2.51. The summed E-state index contributed by atoms with van der Waals surface area (Å²) < 4.78 is 0. The Labute approximate surface area is 114 Å². The van der Waals surface area contributed by atoms with Crippen LogP contribution in [-0.4, -0.2) is 53.7 Å². The quantitative estimate of drug-likeness (QED) is 0.642. The third-order valence-electron chi connectivity index (χ3n) is 3.60. The molecule has 1 unspecified atom stereocenters. The van der Waals surface area contributed by atoms with Crippen molar-refractivity contribution >= 4 is 12.0 Å². The van der Waals surface area contributed by atoms with Gasteiger partial charge in [0.1, 0.15) is 6.04 Å². The minimum Gasteiger partial charge on any atom is -0.480 e. The molecule has 1 saturated carbocycles. The molecule has 0 aromatic heterocycles. The number of carbonyl (C=O) groups excluding carboxylic acids is 1. The molecule has 0 radical (unpaired) electrons. The van der Waals surface area contributed by atoms with Crippen molar-refractivity contribution in [1.82, 2.24) is 15.5 Å². The summed E-state index contributed by atoms with van der Waals surface area (Å²) in [6.07, 6.45) is 2.45. The minimum atomic E-state index is -1.01. The number of nitrogens with one attached hydrogen (secondary N) is 2. The van der Waals surface area contributed by atoms with Gasteiger partial charge in [-0.05, 0) is 32.7 Å². The highest BCUT2D eigenvalue weighted by atomic mass is 16.4. The molecule has 0 bridgehead atoms. The smallest absolute Gasteiger partial charge is 0.326 e. The van der Waals surface area contributed by atoms with Crippen LogP contribution in [0, 0.1) is 5.92 Å². The SMILES string of the molecule is CC(C)[C@@H](NC(=O)NCC(C)N(C)C1CC1)C(=O)O. The van der Waals surface area contributed by atoms with E-state index in [0.717, 1.165) is 0 Å². The van der Waals surface area contributed by atoms with Crippen molar-refractivity contribution in [3.63, 3.8) is 0 Å². The first-order valence-corrected chi connectivity index (χ1v) is 6.82. The van der Waals surface area contributed by atoms with Gasteiger partial charge in [-0.3, -0.25) is 4.90 Å². The number of hydrogen-bond acceptors (Lipinski definition) is 3. The van der Waals surface area contributed by atoms with Gasteiger partial charge in [-0.15, -0.1) is 0 Å². The van der Waals surface area contributed by atoms with Gasteiger partial charge < -0.3 is 15.7 Å². The van der Waals surface area contributed by atoms with Crippen LogP contribution in [0.15, 0.2) is 0 Å². The molecule has 0 spiro atoms.